The number of nitrogens with one attached hydrogen (secondary N) is 2. The summed E-state index contributed by atoms with van der Waals surface area (Å²) in [6.45, 7) is 11.3. The van der Waals surface area contributed by atoms with E-state index in [0.29, 0.717) is 6.54 Å². The number of aliphatic imine (C=N–C) groups is 1. The average molecular weight is 243 g/mol. The van der Waals surface area contributed by atoms with E-state index < -0.39 is 0 Å². The highest BCUT2D eigenvalue weighted by molar-refractivity contribution is 5.82. The summed E-state index contributed by atoms with van der Waals surface area (Å²) in [5, 5.41) is 6.55. The van der Waals surface area contributed by atoms with Crippen molar-refractivity contribution in [3.8, 4) is 0 Å². The van der Waals surface area contributed by atoms with E-state index in [9.17, 15) is 0 Å². The third-order valence-electron chi connectivity index (χ3n) is 2.18. The second kappa shape index (κ2) is 9.53. The maximum atomic E-state index is 5.92. The molecule has 0 aromatic rings. The van der Waals surface area contributed by atoms with Crippen molar-refractivity contribution < 1.29 is 0 Å². The molecule has 0 radical (unpaired) electrons. The lowest BCUT2D eigenvalue weighted by atomic mass is 10.00. The molecule has 0 atom stereocenters. The van der Waals surface area contributed by atoms with Crippen LogP contribution in [0.4, 0.5) is 0 Å². The molecule has 0 aliphatic rings. The van der Waals surface area contributed by atoms with Crippen LogP contribution in [0.5, 0.6) is 0 Å². The van der Waals surface area contributed by atoms with Gasteiger partial charge < -0.3 is 22.1 Å². The summed E-state index contributed by atoms with van der Waals surface area (Å²) in [6, 6.07) is 0. The Morgan fingerprint density at radius 2 is 1.71 bits per heavy atom. The zero-order valence-corrected chi connectivity index (χ0v) is 11.6. The van der Waals surface area contributed by atoms with Gasteiger partial charge in [-0.2, -0.15) is 0 Å². The third kappa shape index (κ3) is 13.4. The quantitative estimate of drug-likeness (QED) is 0.314. The summed E-state index contributed by atoms with van der Waals surface area (Å²) in [4.78, 5) is 4.48. The second-order valence-electron chi connectivity index (χ2n) is 5.07. The Kier molecular flexibility index (Phi) is 9.26. The molecule has 0 heterocycles. The van der Waals surface area contributed by atoms with Crippen LogP contribution in [0.3, 0.4) is 0 Å². The lowest BCUT2D eigenvalue weighted by Crippen LogP contribution is -2.34. The van der Waals surface area contributed by atoms with Gasteiger partial charge >= 0.3 is 0 Å². The molecule has 0 spiro atoms. The van der Waals surface area contributed by atoms with Gasteiger partial charge in [-0.15, -0.1) is 0 Å². The fourth-order valence-corrected chi connectivity index (χ4v) is 1.57. The Hall–Kier alpha value is -0.490. The molecule has 5 heteroatoms. The Morgan fingerprint density at radius 3 is 2.24 bits per heavy atom. The molecule has 0 rings (SSSR count). The highest BCUT2D eigenvalue weighted by Crippen LogP contribution is 2.04. The van der Waals surface area contributed by atoms with E-state index in [0.717, 1.165) is 44.9 Å². The molecular weight excluding hydrogens is 214 g/mol. The number of hydrogen-bond acceptors (Lipinski definition) is 5. The monoisotopic (exact) mass is 243 g/mol. The van der Waals surface area contributed by atoms with Crippen molar-refractivity contribution in [2.75, 3.05) is 39.3 Å². The SMILES string of the molecule is CC(CC(C)(C)N)=NCCNCCNCCN. The molecule has 17 heavy (non-hydrogen) atoms. The highest BCUT2D eigenvalue weighted by Gasteiger charge is 2.11. The standard InChI is InChI=1S/C12H29N5/c1-11(10-12(2,3)14)17-9-8-16-7-6-15-5-4-13/h15-16H,4-10,13-14H2,1-3H3. The smallest absolute Gasteiger partial charge is 0.0513 e. The van der Waals surface area contributed by atoms with Gasteiger partial charge in [0.25, 0.3) is 0 Å². The van der Waals surface area contributed by atoms with Crippen LogP contribution in [-0.2, 0) is 0 Å². The maximum absolute atomic E-state index is 5.92. The van der Waals surface area contributed by atoms with Crippen LogP contribution in [0.1, 0.15) is 27.2 Å². The molecule has 102 valence electrons. The van der Waals surface area contributed by atoms with Gasteiger partial charge in [-0.3, -0.25) is 4.99 Å². The summed E-state index contributed by atoms with van der Waals surface area (Å²) in [5.74, 6) is 0. The van der Waals surface area contributed by atoms with Crippen molar-refractivity contribution in [2.45, 2.75) is 32.7 Å². The van der Waals surface area contributed by atoms with E-state index in [1.165, 1.54) is 0 Å². The first-order valence-corrected chi connectivity index (χ1v) is 6.36. The van der Waals surface area contributed by atoms with E-state index in [2.05, 4.69) is 15.6 Å². The lowest BCUT2D eigenvalue weighted by Gasteiger charge is -2.17. The van der Waals surface area contributed by atoms with Crippen molar-refractivity contribution in [3.05, 3.63) is 0 Å². The molecule has 0 bridgehead atoms. The van der Waals surface area contributed by atoms with Crippen molar-refractivity contribution >= 4 is 5.71 Å². The number of rotatable bonds is 10. The van der Waals surface area contributed by atoms with Gasteiger partial charge in [0.1, 0.15) is 0 Å². The summed E-state index contributed by atoms with van der Waals surface area (Å²) >= 11 is 0. The summed E-state index contributed by atoms with van der Waals surface area (Å²) in [6.07, 6.45) is 0.852. The lowest BCUT2D eigenvalue weighted by molar-refractivity contribution is 0.540. The normalized spacial score (nSPS) is 13.1. The van der Waals surface area contributed by atoms with Crippen LogP contribution in [0, 0.1) is 0 Å². The predicted molar refractivity (Wildman–Crippen MR) is 75.7 cm³/mol. The number of nitrogens with zero attached hydrogens (tertiary/aromatic N) is 1. The summed E-state index contributed by atoms with van der Waals surface area (Å²) in [5.41, 5.74) is 12.2. The van der Waals surface area contributed by atoms with Crippen LogP contribution in [-0.4, -0.2) is 50.5 Å². The van der Waals surface area contributed by atoms with Crippen LogP contribution in [0.15, 0.2) is 4.99 Å². The molecule has 0 unspecified atom stereocenters. The molecule has 6 N–H and O–H groups in total. The molecule has 0 amide bonds. The first-order valence-electron chi connectivity index (χ1n) is 6.36. The first-order chi connectivity index (χ1) is 7.95. The van der Waals surface area contributed by atoms with Gasteiger partial charge in [-0.05, 0) is 20.8 Å². The average Bonchev–Trinajstić information content (AvgIpc) is 2.19. The zero-order chi connectivity index (χ0) is 13.1. The van der Waals surface area contributed by atoms with Crippen LogP contribution < -0.4 is 22.1 Å². The third-order valence-corrected chi connectivity index (χ3v) is 2.18. The topological polar surface area (TPSA) is 88.5 Å². The van der Waals surface area contributed by atoms with Gasteiger partial charge in [0.15, 0.2) is 0 Å². The van der Waals surface area contributed by atoms with Crippen molar-refractivity contribution in [1.29, 1.82) is 0 Å². The molecule has 5 nitrogen and oxygen atoms in total. The minimum atomic E-state index is -0.160. The first kappa shape index (κ1) is 16.5. The van der Waals surface area contributed by atoms with Gasteiger partial charge in [0.2, 0.25) is 0 Å². The predicted octanol–water partition coefficient (Wildman–Crippen LogP) is -0.287. The van der Waals surface area contributed by atoms with E-state index in [1.54, 1.807) is 0 Å². The van der Waals surface area contributed by atoms with Gasteiger partial charge in [-0.25, -0.2) is 0 Å². The zero-order valence-electron chi connectivity index (χ0n) is 11.6. The molecule has 0 saturated heterocycles. The molecule has 0 aliphatic heterocycles. The Balaban J connectivity index is 3.40. The molecule has 0 saturated carbocycles. The second-order valence-corrected chi connectivity index (χ2v) is 5.07. The van der Waals surface area contributed by atoms with E-state index in [1.807, 2.05) is 20.8 Å². The van der Waals surface area contributed by atoms with E-state index in [-0.39, 0.29) is 5.54 Å². The Labute approximate surface area is 105 Å². The molecule has 0 aromatic carbocycles. The largest absolute Gasteiger partial charge is 0.329 e. The van der Waals surface area contributed by atoms with Gasteiger partial charge in [0, 0.05) is 50.4 Å². The van der Waals surface area contributed by atoms with Crippen LogP contribution in [0.2, 0.25) is 0 Å². The minimum absolute atomic E-state index is 0.160. The van der Waals surface area contributed by atoms with Gasteiger partial charge in [0.05, 0.1) is 6.54 Å². The fraction of sp³-hybridized carbons (Fsp3) is 0.917. The van der Waals surface area contributed by atoms with Crippen LogP contribution in [0.25, 0.3) is 0 Å². The van der Waals surface area contributed by atoms with Crippen LogP contribution >= 0.6 is 0 Å². The van der Waals surface area contributed by atoms with E-state index in [4.69, 9.17) is 11.5 Å². The van der Waals surface area contributed by atoms with Crippen molar-refractivity contribution in [3.63, 3.8) is 0 Å². The molecule has 0 aliphatic carbocycles. The summed E-state index contributed by atoms with van der Waals surface area (Å²) in [7, 11) is 0. The number of nitrogens with two attached hydrogens (primary N) is 2. The number of hydrogen-bond donors (Lipinski definition) is 4. The molecular formula is C12H29N5. The molecule has 0 fully saturated rings. The maximum Gasteiger partial charge on any atom is 0.0513 e. The molecule has 0 aromatic heterocycles. The van der Waals surface area contributed by atoms with E-state index >= 15 is 0 Å². The van der Waals surface area contributed by atoms with Gasteiger partial charge in [-0.1, -0.05) is 0 Å². The Bertz CT molecular complexity index is 207. The summed E-state index contributed by atoms with van der Waals surface area (Å²) < 4.78 is 0. The van der Waals surface area contributed by atoms with Crippen molar-refractivity contribution in [1.82, 2.24) is 10.6 Å². The highest BCUT2D eigenvalue weighted by atomic mass is 15.0. The van der Waals surface area contributed by atoms with Crippen molar-refractivity contribution in [2.24, 2.45) is 16.5 Å². The fourth-order valence-electron chi connectivity index (χ4n) is 1.57. The minimum Gasteiger partial charge on any atom is -0.329 e. The Morgan fingerprint density at radius 1 is 1.12 bits per heavy atom.